The summed E-state index contributed by atoms with van der Waals surface area (Å²) >= 11 is 0. The minimum absolute atomic E-state index is 1.02. The fraction of sp³-hybridized carbons (Fsp3) is 0.125. The second-order valence-corrected chi connectivity index (χ2v) is 4.66. The van der Waals surface area contributed by atoms with Gasteiger partial charge in [0.05, 0.1) is 18.1 Å². The zero-order valence-corrected chi connectivity index (χ0v) is 11.0. The number of benzene rings is 2. The molecule has 3 aromatic rings. The van der Waals surface area contributed by atoms with E-state index in [1.54, 1.807) is 10.9 Å². The van der Waals surface area contributed by atoms with Crippen LogP contribution in [0.25, 0.3) is 16.8 Å². The summed E-state index contributed by atoms with van der Waals surface area (Å²) in [5, 5.41) is 7.81. The zero-order valence-electron chi connectivity index (χ0n) is 11.0. The fourth-order valence-corrected chi connectivity index (χ4v) is 2.40. The van der Waals surface area contributed by atoms with E-state index in [0.717, 1.165) is 5.69 Å². The predicted octanol–water partition coefficient (Wildman–Crippen LogP) is 3.55. The van der Waals surface area contributed by atoms with Crippen molar-refractivity contribution in [2.45, 2.75) is 13.8 Å². The molecular weight excluding hydrogens is 234 g/mol. The first-order valence-corrected chi connectivity index (χ1v) is 6.29. The largest absolute Gasteiger partial charge is 0.221 e. The Morgan fingerprint density at radius 2 is 1.58 bits per heavy atom. The number of hydrogen-bond donors (Lipinski definition) is 0. The van der Waals surface area contributed by atoms with Gasteiger partial charge in [-0.1, -0.05) is 35.5 Å². The van der Waals surface area contributed by atoms with E-state index in [4.69, 9.17) is 0 Å². The Kier molecular flexibility index (Phi) is 2.88. The second kappa shape index (κ2) is 4.69. The van der Waals surface area contributed by atoms with Gasteiger partial charge in [-0.25, -0.2) is 4.68 Å². The van der Waals surface area contributed by atoms with E-state index in [1.807, 2.05) is 6.20 Å². The van der Waals surface area contributed by atoms with E-state index < -0.39 is 0 Å². The summed E-state index contributed by atoms with van der Waals surface area (Å²) in [6.45, 7) is 4.29. The van der Waals surface area contributed by atoms with E-state index in [-0.39, 0.29) is 0 Å². The van der Waals surface area contributed by atoms with Gasteiger partial charge in [0, 0.05) is 0 Å². The van der Waals surface area contributed by atoms with Gasteiger partial charge in [0.1, 0.15) is 0 Å². The van der Waals surface area contributed by atoms with Crippen LogP contribution in [0.15, 0.2) is 54.9 Å². The van der Waals surface area contributed by atoms with Crippen LogP contribution in [0.2, 0.25) is 0 Å². The van der Waals surface area contributed by atoms with Crippen LogP contribution in [0.5, 0.6) is 0 Å². The standard InChI is InChI=1S/C16H15N3/c1-12-4-3-5-13(2)16(12)14-6-8-15(9-7-14)19-11-10-17-18-19/h3-11H,1-2H3. The zero-order chi connectivity index (χ0) is 13.2. The van der Waals surface area contributed by atoms with Gasteiger partial charge in [-0.3, -0.25) is 0 Å². The Morgan fingerprint density at radius 3 is 2.16 bits per heavy atom. The lowest BCUT2D eigenvalue weighted by atomic mass is 9.96. The first kappa shape index (κ1) is 11.7. The molecule has 0 saturated carbocycles. The molecule has 19 heavy (non-hydrogen) atoms. The van der Waals surface area contributed by atoms with E-state index in [0.29, 0.717) is 0 Å². The predicted molar refractivity (Wildman–Crippen MR) is 76.3 cm³/mol. The van der Waals surface area contributed by atoms with Crippen molar-refractivity contribution < 1.29 is 0 Å². The Bertz CT molecular complexity index is 662. The monoisotopic (exact) mass is 249 g/mol. The molecule has 0 fully saturated rings. The van der Waals surface area contributed by atoms with Crippen molar-refractivity contribution in [1.29, 1.82) is 0 Å². The van der Waals surface area contributed by atoms with Crippen molar-refractivity contribution in [3.63, 3.8) is 0 Å². The van der Waals surface area contributed by atoms with Gasteiger partial charge in [-0.15, -0.1) is 5.10 Å². The van der Waals surface area contributed by atoms with E-state index in [9.17, 15) is 0 Å². The molecule has 0 aliphatic rings. The molecule has 3 heteroatoms. The van der Waals surface area contributed by atoms with Gasteiger partial charge < -0.3 is 0 Å². The molecule has 0 unspecified atom stereocenters. The van der Waals surface area contributed by atoms with E-state index in [1.165, 1.54) is 22.3 Å². The Hall–Kier alpha value is -2.42. The van der Waals surface area contributed by atoms with Crippen LogP contribution in [0, 0.1) is 13.8 Å². The summed E-state index contributed by atoms with van der Waals surface area (Å²) in [4.78, 5) is 0. The normalized spacial score (nSPS) is 10.6. The number of aryl methyl sites for hydroxylation is 2. The lowest BCUT2D eigenvalue weighted by Crippen LogP contribution is -1.95. The van der Waals surface area contributed by atoms with Gasteiger partial charge in [0.25, 0.3) is 0 Å². The molecule has 0 aliphatic heterocycles. The van der Waals surface area contributed by atoms with Gasteiger partial charge >= 0.3 is 0 Å². The molecule has 0 amide bonds. The van der Waals surface area contributed by atoms with Crippen LogP contribution in [-0.2, 0) is 0 Å². The fourth-order valence-electron chi connectivity index (χ4n) is 2.40. The highest BCUT2D eigenvalue weighted by molar-refractivity contribution is 5.71. The lowest BCUT2D eigenvalue weighted by molar-refractivity contribution is 0.803. The Balaban J connectivity index is 2.04. The molecule has 1 heterocycles. The van der Waals surface area contributed by atoms with Crippen molar-refractivity contribution in [1.82, 2.24) is 15.0 Å². The van der Waals surface area contributed by atoms with E-state index >= 15 is 0 Å². The number of aromatic nitrogens is 3. The van der Waals surface area contributed by atoms with Crippen molar-refractivity contribution in [2.24, 2.45) is 0 Å². The molecular formula is C16H15N3. The van der Waals surface area contributed by atoms with Crippen molar-refractivity contribution in [2.75, 3.05) is 0 Å². The van der Waals surface area contributed by atoms with Crippen molar-refractivity contribution in [3.05, 3.63) is 66.0 Å². The quantitative estimate of drug-likeness (QED) is 0.695. The second-order valence-electron chi connectivity index (χ2n) is 4.66. The highest BCUT2D eigenvalue weighted by Gasteiger charge is 2.05. The summed E-state index contributed by atoms with van der Waals surface area (Å²) < 4.78 is 1.76. The highest BCUT2D eigenvalue weighted by atomic mass is 15.4. The average Bonchev–Trinajstić information content (AvgIpc) is 2.93. The summed E-state index contributed by atoms with van der Waals surface area (Å²) in [5.41, 5.74) is 6.17. The summed E-state index contributed by atoms with van der Waals surface area (Å²) in [5.74, 6) is 0. The van der Waals surface area contributed by atoms with Crippen LogP contribution < -0.4 is 0 Å². The summed E-state index contributed by atoms with van der Waals surface area (Å²) in [6.07, 6.45) is 3.52. The topological polar surface area (TPSA) is 30.7 Å². The maximum Gasteiger partial charge on any atom is 0.0697 e. The van der Waals surface area contributed by atoms with Gasteiger partial charge in [-0.05, 0) is 48.2 Å². The summed E-state index contributed by atoms with van der Waals surface area (Å²) in [6, 6.07) is 14.8. The van der Waals surface area contributed by atoms with Crippen LogP contribution in [0.3, 0.4) is 0 Å². The molecule has 1 aromatic heterocycles. The molecule has 0 radical (unpaired) electrons. The van der Waals surface area contributed by atoms with Crippen molar-refractivity contribution in [3.8, 4) is 16.8 Å². The van der Waals surface area contributed by atoms with Crippen LogP contribution in [-0.4, -0.2) is 15.0 Å². The van der Waals surface area contributed by atoms with Crippen LogP contribution in [0.1, 0.15) is 11.1 Å². The first-order chi connectivity index (χ1) is 9.25. The SMILES string of the molecule is Cc1cccc(C)c1-c1ccc(-n2ccnn2)cc1. The van der Waals surface area contributed by atoms with E-state index in [2.05, 4.69) is 66.6 Å². The average molecular weight is 249 g/mol. The third kappa shape index (κ3) is 2.15. The first-order valence-electron chi connectivity index (χ1n) is 6.29. The van der Waals surface area contributed by atoms with Gasteiger partial charge in [0.15, 0.2) is 0 Å². The number of rotatable bonds is 2. The molecule has 94 valence electrons. The third-order valence-electron chi connectivity index (χ3n) is 3.32. The molecule has 2 aromatic carbocycles. The minimum atomic E-state index is 1.02. The molecule has 0 N–H and O–H groups in total. The maximum atomic E-state index is 3.99. The third-order valence-corrected chi connectivity index (χ3v) is 3.32. The molecule has 3 nitrogen and oxygen atoms in total. The highest BCUT2D eigenvalue weighted by Crippen LogP contribution is 2.27. The maximum absolute atomic E-state index is 3.99. The molecule has 0 saturated heterocycles. The van der Waals surface area contributed by atoms with Crippen molar-refractivity contribution >= 4 is 0 Å². The smallest absolute Gasteiger partial charge is 0.0697 e. The van der Waals surface area contributed by atoms with Crippen LogP contribution >= 0.6 is 0 Å². The van der Waals surface area contributed by atoms with Gasteiger partial charge in [-0.2, -0.15) is 0 Å². The molecule has 0 aliphatic carbocycles. The number of hydrogen-bond acceptors (Lipinski definition) is 2. The lowest BCUT2D eigenvalue weighted by Gasteiger charge is -2.10. The Morgan fingerprint density at radius 1 is 0.895 bits per heavy atom. The van der Waals surface area contributed by atoms with Gasteiger partial charge in [0.2, 0.25) is 0 Å². The molecule has 0 atom stereocenters. The molecule has 0 spiro atoms. The molecule has 0 bridgehead atoms. The number of nitrogens with zero attached hydrogens (tertiary/aromatic N) is 3. The summed E-state index contributed by atoms with van der Waals surface area (Å²) in [7, 11) is 0. The Labute approximate surface area is 112 Å². The van der Waals surface area contributed by atoms with Crippen LogP contribution in [0.4, 0.5) is 0 Å². The molecule has 3 rings (SSSR count). The minimum Gasteiger partial charge on any atom is -0.221 e.